The van der Waals surface area contributed by atoms with Crippen molar-refractivity contribution in [2.45, 2.75) is 25.4 Å². The van der Waals surface area contributed by atoms with Gasteiger partial charge in [-0.15, -0.1) is 0 Å². The number of rotatable bonds is 6. The van der Waals surface area contributed by atoms with Crippen molar-refractivity contribution in [3.8, 4) is 11.1 Å². The molecule has 1 aliphatic carbocycles. The van der Waals surface area contributed by atoms with E-state index in [4.69, 9.17) is 16.3 Å². The highest BCUT2D eigenvalue weighted by molar-refractivity contribution is 6.35. The van der Waals surface area contributed by atoms with Gasteiger partial charge in [-0.05, 0) is 24.1 Å². The van der Waals surface area contributed by atoms with Gasteiger partial charge in [-0.25, -0.2) is 13.3 Å². The zero-order chi connectivity index (χ0) is 22.6. The third kappa shape index (κ3) is 3.41. The van der Waals surface area contributed by atoms with Crippen LogP contribution in [0.1, 0.15) is 24.8 Å². The number of hydrogen-bond acceptors (Lipinski definition) is 4. The van der Waals surface area contributed by atoms with Crippen LogP contribution in [0.15, 0.2) is 30.6 Å². The van der Waals surface area contributed by atoms with E-state index in [1.54, 1.807) is 42.2 Å². The lowest BCUT2D eigenvalue weighted by molar-refractivity contribution is -0.117. The maximum atomic E-state index is 15.4. The predicted molar refractivity (Wildman–Crippen MR) is 117 cm³/mol. The maximum Gasteiger partial charge on any atom is 0.231 e. The number of hydrogen-bond donors (Lipinski definition) is 2. The van der Waals surface area contributed by atoms with E-state index in [0.717, 1.165) is 0 Å². The van der Waals surface area contributed by atoms with Crippen molar-refractivity contribution < 1.29 is 18.3 Å². The molecule has 10 heteroatoms. The van der Waals surface area contributed by atoms with Gasteiger partial charge in [-0.2, -0.15) is 10.2 Å². The fourth-order valence-electron chi connectivity index (χ4n) is 4.08. The Hall–Kier alpha value is -3.04. The van der Waals surface area contributed by atoms with Gasteiger partial charge in [-0.1, -0.05) is 18.5 Å². The molecule has 0 saturated heterocycles. The van der Waals surface area contributed by atoms with Gasteiger partial charge in [0, 0.05) is 41.8 Å². The van der Waals surface area contributed by atoms with Crippen molar-refractivity contribution in [2.75, 3.05) is 19.0 Å². The molecule has 4 aromatic rings. The lowest BCUT2D eigenvalue weighted by Gasteiger charge is -2.17. The molecule has 1 aliphatic rings. The number of carbonyl (C=O) groups excluding carboxylic acids is 1. The summed E-state index contributed by atoms with van der Waals surface area (Å²) in [4.78, 5) is 12.0. The third-order valence-corrected chi connectivity index (χ3v) is 6.14. The number of anilines is 1. The van der Waals surface area contributed by atoms with Crippen LogP contribution in [0.3, 0.4) is 0 Å². The summed E-state index contributed by atoms with van der Waals surface area (Å²) in [7, 11) is 1.56. The standard InChI is InChI=1S/C22H20ClF2N5O2/c1-10(9-32-2)17-20(25)19(23)18(14-8-26-28-21(14)17)11-3-4-30-12(5-11)6-16(29-30)27-22(31)13-7-15(13)24/h3-6,8,10,13,15H,7,9H2,1-2H3,(H,26,28)(H,27,29,31)/t10-,13-,15+/m1/s1. The monoisotopic (exact) mass is 459 g/mol. The van der Waals surface area contributed by atoms with Gasteiger partial charge in [0.05, 0.1) is 34.8 Å². The molecule has 0 unspecified atom stereocenters. The van der Waals surface area contributed by atoms with E-state index in [0.29, 0.717) is 45.5 Å². The minimum Gasteiger partial charge on any atom is -0.384 e. The van der Waals surface area contributed by atoms with Gasteiger partial charge in [-0.3, -0.25) is 9.89 Å². The van der Waals surface area contributed by atoms with Crippen molar-refractivity contribution in [2.24, 2.45) is 5.92 Å². The quantitative estimate of drug-likeness (QED) is 0.437. The molecular weight excluding hydrogens is 440 g/mol. The molecular formula is C22H20ClF2N5O2. The van der Waals surface area contributed by atoms with Crippen molar-refractivity contribution in [1.82, 2.24) is 19.8 Å². The number of pyridine rings is 1. The van der Waals surface area contributed by atoms with Gasteiger partial charge in [0.25, 0.3) is 0 Å². The molecule has 3 atom stereocenters. The molecule has 32 heavy (non-hydrogen) atoms. The molecule has 2 N–H and O–H groups in total. The number of benzene rings is 1. The molecule has 5 rings (SSSR count). The molecule has 0 aliphatic heterocycles. The Bertz CT molecular complexity index is 1350. The number of H-pyrrole nitrogens is 1. The Morgan fingerprint density at radius 1 is 1.47 bits per heavy atom. The van der Waals surface area contributed by atoms with E-state index in [1.165, 1.54) is 0 Å². The van der Waals surface area contributed by atoms with Gasteiger partial charge in [0.15, 0.2) is 5.82 Å². The Kier molecular flexibility index (Phi) is 5.10. The van der Waals surface area contributed by atoms with Gasteiger partial charge >= 0.3 is 0 Å². The number of methoxy groups -OCH3 is 1. The molecule has 1 aromatic carbocycles. The molecule has 7 nitrogen and oxygen atoms in total. The summed E-state index contributed by atoms with van der Waals surface area (Å²) >= 11 is 6.52. The summed E-state index contributed by atoms with van der Waals surface area (Å²) in [5, 5.41) is 14.6. The van der Waals surface area contributed by atoms with E-state index in [2.05, 4.69) is 20.6 Å². The van der Waals surface area contributed by atoms with Crippen LogP contribution in [0.25, 0.3) is 27.5 Å². The SMILES string of the molecule is COC[C@@H](C)c1c(F)c(Cl)c(-c2ccn3nc(NC(=O)[C@@H]4C[C@@H]4F)cc3c2)c2cn[nH]c12. The number of ether oxygens (including phenoxy) is 1. The van der Waals surface area contributed by atoms with Crippen molar-refractivity contribution in [3.05, 3.63) is 47.0 Å². The average Bonchev–Trinajstić information content (AvgIpc) is 3.12. The van der Waals surface area contributed by atoms with Gasteiger partial charge in [0.1, 0.15) is 12.0 Å². The summed E-state index contributed by atoms with van der Waals surface area (Å²) in [5.41, 5.74) is 2.83. The van der Waals surface area contributed by atoms with Crippen LogP contribution in [-0.4, -0.2) is 45.6 Å². The van der Waals surface area contributed by atoms with Crippen LogP contribution >= 0.6 is 11.6 Å². The molecule has 3 heterocycles. The largest absolute Gasteiger partial charge is 0.384 e. The lowest BCUT2D eigenvalue weighted by atomic mass is 9.93. The fraction of sp³-hybridized carbons (Fsp3) is 0.318. The summed E-state index contributed by atoms with van der Waals surface area (Å²) in [6.45, 7) is 2.19. The Morgan fingerprint density at radius 3 is 2.97 bits per heavy atom. The second kappa shape index (κ2) is 7.83. The third-order valence-electron chi connectivity index (χ3n) is 5.79. The van der Waals surface area contributed by atoms with Crippen LogP contribution in [0.2, 0.25) is 5.02 Å². The van der Waals surface area contributed by atoms with Crippen LogP contribution < -0.4 is 5.32 Å². The van der Waals surface area contributed by atoms with E-state index in [-0.39, 0.29) is 23.3 Å². The highest BCUT2D eigenvalue weighted by Gasteiger charge is 2.43. The zero-order valence-electron chi connectivity index (χ0n) is 17.3. The number of fused-ring (bicyclic) bond motifs is 2. The number of aromatic amines is 1. The molecule has 0 spiro atoms. The average molecular weight is 460 g/mol. The highest BCUT2D eigenvalue weighted by Crippen LogP contribution is 2.41. The summed E-state index contributed by atoms with van der Waals surface area (Å²) < 4.78 is 35.3. The van der Waals surface area contributed by atoms with Crippen LogP contribution in [0.4, 0.5) is 14.6 Å². The predicted octanol–water partition coefficient (Wildman–Crippen LogP) is 4.72. The topological polar surface area (TPSA) is 84.3 Å². The van der Waals surface area contributed by atoms with Crippen molar-refractivity contribution in [1.29, 1.82) is 0 Å². The summed E-state index contributed by atoms with van der Waals surface area (Å²) in [6.07, 6.45) is 2.47. The van der Waals surface area contributed by atoms with E-state index in [9.17, 15) is 9.18 Å². The van der Waals surface area contributed by atoms with Gasteiger partial charge < -0.3 is 10.1 Å². The first-order chi connectivity index (χ1) is 15.4. The molecule has 166 valence electrons. The molecule has 1 saturated carbocycles. The molecule has 3 aromatic heterocycles. The summed E-state index contributed by atoms with van der Waals surface area (Å²) in [6, 6.07) is 5.22. The van der Waals surface area contributed by atoms with Crippen LogP contribution in [0.5, 0.6) is 0 Å². The minimum absolute atomic E-state index is 0.00281. The lowest BCUT2D eigenvalue weighted by Crippen LogP contribution is -2.15. The van der Waals surface area contributed by atoms with Crippen LogP contribution in [0, 0.1) is 11.7 Å². The second-order valence-corrected chi connectivity index (χ2v) is 8.47. The normalized spacial score (nSPS) is 18.9. The molecule has 0 bridgehead atoms. The number of nitrogens with zero attached hydrogens (tertiary/aromatic N) is 3. The molecule has 0 radical (unpaired) electrons. The Balaban J connectivity index is 1.57. The van der Waals surface area contributed by atoms with E-state index < -0.39 is 17.9 Å². The van der Waals surface area contributed by atoms with E-state index >= 15 is 4.39 Å². The zero-order valence-corrected chi connectivity index (χ0v) is 18.1. The molecule has 1 amide bonds. The number of carbonyl (C=O) groups is 1. The number of alkyl halides is 1. The Morgan fingerprint density at radius 2 is 2.25 bits per heavy atom. The van der Waals surface area contributed by atoms with Crippen molar-refractivity contribution in [3.63, 3.8) is 0 Å². The first kappa shape index (κ1) is 20.8. The highest BCUT2D eigenvalue weighted by atomic mass is 35.5. The first-order valence-corrected chi connectivity index (χ1v) is 10.5. The minimum atomic E-state index is -1.08. The van der Waals surface area contributed by atoms with Crippen molar-refractivity contribution >= 4 is 39.7 Å². The fourth-order valence-corrected chi connectivity index (χ4v) is 4.39. The number of nitrogens with one attached hydrogen (secondary N) is 2. The first-order valence-electron chi connectivity index (χ1n) is 10.2. The molecule has 1 fully saturated rings. The van der Waals surface area contributed by atoms with E-state index in [1.807, 2.05) is 6.92 Å². The number of amides is 1. The van der Waals surface area contributed by atoms with Crippen LogP contribution in [-0.2, 0) is 9.53 Å². The van der Waals surface area contributed by atoms with Gasteiger partial charge in [0.2, 0.25) is 5.91 Å². The number of halogens is 3. The summed E-state index contributed by atoms with van der Waals surface area (Å²) in [5.74, 6) is -1.42. The maximum absolute atomic E-state index is 15.4. The second-order valence-electron chi connectivity index (χ2n) is 8.09. The Labute approximate surface area is 186 Å². The smallest absolute Gasteiger partial charge is 0.231 e. The number of aromatic nitrogens is 4.